The van der Waals surface area contributed by atoms with Gasteiger partial charge in [-0.15, -0.1) is 0 Å². The number of methoxy groups -OCH3 is 2. The fourth-order valence-corrected chi connectivity index (χ4v) is 3.22. The number of rotatable bonds is 8. The van der Waals surface area contributed by atoms with Gasteiger partial charge < -0.3 is 9.47 Å². The van der Waals surface area contributed by atoms with Crippen molar-refractivity contribution in [3.05, 3.63) is 23.8 Å². The Bertz CT molecular complexity index is 285. The monoisotopic (exact) mass is 270 g/mol. The van der Waals surface area contributed by atoms with Gasteiger partial charge in [0.15, 0.2) is 0 Å². The third-order valence-corrected chi connectivity index (χ3v) is 4.90. The van der Waals surface area contributed by atoms with Crippen molar-refractivity contribution in [1.29, 1.82) is 0 Å². The van der Waals surface area contributed by atoms with Crippen molar-refractivity contribution in [3.63, 3.8) is 0 Å². The van der Waals surface area contributed by atoms with Gasteiger partial charge in [0, 0.05) is 0 Å². The third kappa shape index (κ3) is 7.59. The lowest BCUT2D eigenvalue weighted by atomic mass is 9.84. The third-order valence-electron chi connectivity index (χ3n) is 3.01. The average molecular weight is 270 g/mol. The second-order valence-corrected chi connectivity index (χ2v) is 11.5. The van der Waals surface area contributed by atoms with Crippen molar-refractivity contribution in [1.82, 2.24) is 0 Å². The maximum absolute atomic E-state index is 5.52. The fraction of sp³-hybridized carbons (Fsp3) is 0.733. The van der Waals surface area contributed by atoms with Crippen molar-refractivity contribution < 1.29 is 9.47 Å². The van der Waals surface area contributed by atoms with Gasteiger partial charge in [0.25, 0.3) is 0 Å². The minimum Gasteiger partial charge on any atom is -0.507 e. The first-order valence-corrected chi connectivity index (χ1v) is 10.2. The normalized spacial score (nSPS) is 14.1. The molecule has 0 spiro atoms. The Morgan fingerprint density at radius 3 is 2.22 bits per heavy atom. The molecule has 0 radical (unpaired) electrons. The number of hydrogen-bond acceptors (Lipinski definition) is 2. The van der Waals surface area contributed by atoms with Gasteiger partial charge in [-0.2, -0.15) is 0 Å². The minimum atomic E-state index is -1.31. The van der Waals surface area contributed by atoms with E-state index in [-0.39, 0.29) is 0 Å². The van der Waals surface area contributed by atoms with E-state index >= 15 is 0 Å². The van der Waals surface area contributed by atoms with E-state index in [1.807, 2.05) is 0 Å². The smallest absolute Gasteiger partial charge is 0.122 e. The number of ether oxygens (including phenoxy) is 2. The highest BCUT2D eigenvalue weighted by molar-refractivity contribution is 6.82. The van der Waals surface area contributed by atoms with Crippen molar-refractivity contribution >= 4 is 8.07 Å². The molecule has 0 aliphatic carbocycles. The lowest BCUT2D eigenvalue weighted by molar-refractivity contribution is 0.305. The molecule has 0 aliphatic rings. The molecule has 106 valence electrons. The Balaban J connectivity index is 4.30. The lowest BCUT2D eigenvalue weighted by Gasteiger charge is -2.23. The SMILES string of the molecule is CO/C=C/CC(C)(C)CC/C=C(/OC)[Si](C)(C)C. The highest BCUT2D eigenvalue weighted by Gasteiger charge is 2.21. The quantitative estimate of drug-likeness (QED) is 0.468. The molecule has 0 unspecified atom stereocenters. The summed E-state index contributed by atoms with van der Waals surface area (Å²) in [5.41, 5.74) is 0.309. The van der Waals surface area contributed by atoms with Crippen LogP contribution in [0.2, 0.25) is 19.6 Å². The predicted molar refractivity (Wildman–Crippen MR) is 82.2 cm³/mol. The van der Waals surface area contributed by atoms with Crippen molar-refractivity contribution in [3.8, 4) is 0 Å². The topological polar surface area (TPSA) is 18.5 Å². The highest BCUT2D eigenvalue weighted by atomic mass is 28.3. The molecular formula is C15H30O2Si. The Morgan fingerprint density at radius 1 is 1.17 bits per heavy atom. The van der Waals surface area contributed by atoms with Crippen LogP contribution >= 0.6 is 0 Å². The van der Waals surface area contributed by atoms with E-state index in [4.69, 9.17) is 9.47 Å². The van der Waals surface area contributed by atoms with E-state index in [1.54, 1.807) is 20.5 Å². The number of hydrogen-bond donors (Lipinski definition) is 0. The van der Waals surface area contributed by atoms with Crippen LogP contribution in [-0.2, 0) is 9.47 Å². The van der Waals surface area contributed by atoms with Crippen molar-refractivity contribution in [2.24, 2.45) is 5.41 Å². The van der Waals surface area contributed by atoms with E-state index in [2.05, 4.69) is 45.6 Å². The highest BCUT2D eigenvalue weighted by Crippen LogP contribution is 2.28. The van der Waals surface area contributed by atoms with E-state index in [9.17, 15) is 0 Å². The maximum Gasteiger partial charge on any atom is 0.122 e. The summed E-state index contributed by atoms with van der Waals surface area (Å²) < 4.78 is 10.5. The van der Waals surface area contributed by atoms with Crippen molar-refractivity contribution in [2.75, 3.05) is 14.2 Å². The second-order valence-electron chi connectivity index (χ2n) is 6.54. The van der Waals surface area contributed by atoms with Crippen LogP contribution in [0.3, 0.4) is 0 Å². The zero-order valence-electron chi connectivity index (χ0n) is 13.2. The molecule has 0 atom stereocenters. The van der Waals surface area contributed by atoms with Gasteiger partial charge in [-0.25, -0.2) is 0 Å². The summed E-state index contributed by atoms with van der Waals surface area (Å²) in [5, 5.41) is 1.21. The summed E-state index contributed by atoms with van der Waals surface area (Å²) in [7, 11) is 2.16. The molecule has 0 amide bonds. The molecule has 2 nitrogen and oxygen atoms in total. The summed E-state index contributed by atoms with van der Waals surface area (Å²) in [6.07, 6.45) is 9.44. The van der Waals surface area contributed by atoms with E-state index < -0.39 is 8.07 Å². The molecule has 18 heavy (non-hydrogen) atoms. The van der Waals surface area contributed by atoms with E-state index in [0.717, 1.165) is 12.8 Å². The summed E-state index contributed by atoms with van der Waals surface area (Å²) in [6.45, 7) is 11.5. The Labute approximate surface area is 114 Å². The molecule has 0 aromatic heterocycles. The first-order valence-electron chi connectivity index (χ1n) is 6.65. The molecule has 0 aromatic carbocycles. The Hall–Kier alpha value is -0.703. The van der Waals surface area contributed by atoms with E-state index in [1.165, 1.54) is 11.8 Å². The van der Waals surface area contributed by atoms with Gasteiger partial charge in [-0.3, -0.25) is 0 Å². The van der Waals surface area contributed by atoms with Crippen LogP contribution in [0.5, 0.6) is 0 Å². The van der Waals surface area contributed by atoms with Crippen LogP contribution in [0, 0.1) is 5.41 Å². The molecule has 0 heterocycles. The average Bonchev–Trinajstić information content (AvgIpc) is 2.22. The summed E-state index contributed by atoms with van der Waals surface area (Å²) >= 11 is 0. The van der Waals surface area contributed by atoms with Crippen LogP contribution in [0.4, 0.5) is 0 Å². The standard InChI is InChI=1S/C15H30O2Si/c1-15(2,12-9-13-16-3)11-8-10-14(17-4)18(5,6)7/h9-10,13H,8,11-12H2,1-7H3/b13-9+,14-10-. The maximum atomic E-state index is 5.52. The molecule has 0 fully saturated rings. The predicted octanol–water partition coefficient (Wildman–Crippen LogP) is 4.75. The molecular weight excluding hydrogens is 240 g/mol. The van der Waals surface area contributed by atoms with Gasteiger partial charge >= 0.3 is 0 Å². The molecule has 0 saturated carbocycles. The van der Waals surface area contributed by atoms with Crippen molar-refractivity contribution in [2.45, 2.75) is 52.8 Å². The van der Waals surface area contributed by atoms with Gasteiger partial charge in [-0.05, 0) is 30.8 Å². The fourth-order valence-electron chi connectivity index (χ4n) is 1.86. The minimum absolute atomic E-state index is 0.309. The molecule has 0 aliphatic heterocycles. The van der Waals surface area contributed by atoms with Gasteiger partial charge in [0.2, 0.25) is 0 Å². The van der Waals surface area contributed by atoms with Gasteiger partial charge in [0.1, 0.15) is 8.07 Å². The van der Waals surface area contributed by atoms with Crippen LogP contribution in [-0.4, -0.2) is 22.3 Å². The van der Waals surface area contributed by atoms with Gasteiger partial charge in [-0.1, -0.05) is 39.6 Å². The summed E-state index contributed by atoms with van der Waals surface area (Å²) in [4.78, 5) is 0. The lowest BCUT2D eigenvalue weighted by Crippen LogP contribution is -2.25. The molecule has 0 bridgehead atoms. The Kier molecular flexibility index (Phi) is 7.37. The zero-order valence-corrected chi connectivity index (χ0v) is 14.2. The first kappa shape index (κ1) is 17.3. The molecule has 0 saturated heterocycles. The summed E-state index contributed by atoms with van der Waals surface area (Å²) in [6, 6.07) is 0. The number of allylic oxidation sites excluding steroid dienone is 2. The van der Waals surface area contributed by atoms with Gasteiger partial charge in [0.05, 0.1) is 25.9 Å². The van der Waals surface area contributed by atoms with Crippen LogP contribution in [0.15, 0.2) is 23.8 Å². The largest absolute Gasteiger partial charge is 0.507 e. The van der Waals surface area contributed by atoms with Crippen LogP contribution in [0.25, 0.3) is 0 Å². The zero-order chi connectivity index (χ0) is 14.2. The van der Waals surface area contributed by atoms with E-state index in [0.29, 0.717) is 5.41 Å². The Morgan fingerprint density at radius 2 is 1.78 bits per heavy atom. The summed E-state index contributed by atoms with van der Waals surface area (Å²) in [5.74, 6) is 0. The van der Waals surface area contributed by atoms with Crippen LogP contribution in [0.1, 0.15) is 33.1 Å². The van der Waals surface area contributed by atoms with Crippen LogP contribution < -0.4 is 0 Å². The first-order chi connectivity index (χ1) is 8.23. The molecule has 0 rings (SSSR count). The molecule has 0 N–H and O–H groups in total. The molecule has 0 aromatic rings. The molecule has 3 heteroatoms. The second kappa shape index (κ2) is 7.67.